The van der Waals surface area contributed by atoms with Gasteiger partial charge in [-0.25, -0.2) is 8.42 Å². The van der Waals surface area contributed by atoms with Gasteiger partial charge in [0.2, 0.25) is 5.91 Å². The van der Waals surface area contributed by atoms with Crippen LogP contribution in [0, 0.1) is 0 Å². The van der Waals surface area contributed by atoms with Crippen molar-refractivity contribution in [2.24, 2.45) is 0 Å². The number of allylic oxidation sites excluding steroid dienone is 1. The smallest absolute Gasteiger partial charge is 0.221 e. The van der Waals surface area contributed by atoms with Crippen molar-refractivity contribution in [3.05, 3.63) is 12.2 Å². The molecular formula is C10H17NO3S. The predicted molar refractivity (Wildman–Crippen MR) is 59.2 cm³/mol. The molecule has 1 aliphatic carbocycles. The Morgan fingerprint density at radius 2 is 2.20 bits per heavy atom. The number of amides is 1. The lowest BCUT2D eigenvalue weighted by atomic mass is 10.0. The summed E-state index contributed by atoms with van der Waals surface area (Å²) in [4.78, 5) is 11.4. The van der Waals surface area contributed by atoms with E-state index in [1.165, 1.54) is 0 Å². The van der Waals surface area contributed by atoms with Gasteiger partial charge >= 0.3 is 0 Å². The number of sulfone groups is 1. The van der Waals surface area contributed by atoms with E-state index in [1.54, 1.807) is 0 Å². The van der Waals surface area contributed by atoms with Gasteiger partial charge in [-0.15, -0.1) is 0 Å². The van der Waals surface area contributed by atoms with Crippen LogP contribution in [0.4, 0.5) is 0 Å². The van der Waals surface area contributed by atoms with Gasteiger partial charge in [0.1, 0.15) is 9.84 Å². The van der Waals surface area contributed by atoms with Crippen molar-refractivity contribution in [2.75, 3.05) is 12.0 Å². The Morgan fingerprint density at radius 3 is 2.73 bits per heavy atom. The minimum absolute atomic E-state index is 0.0681. The lowest BCUT2D eigenvalue weighted by Gasteiger charge is -2.19. The standard InChI is InChI=1S/C10H17NO3S/c1-15(13,14)8-7-10(12)11-9-5-3-2-4-6-9/h2-3,9H,4-8H2,1H3,(H,11,12). The van der Waals surface area contributed by atoms with Crippen LogP contribution in [0.2, 0.25) is 0 Å². The van der Waals surface area contributed by atoms with E-state index in [0.29, 0.717) is 0 Å². The minimum atomic E-state index is -3.03. The summed E-state index contributed by atoms with van der Waals surface area (Å²) in [6.07, 6.45) is 8.13. The van der Waals surface area contributed by atoms with Crippen LogP contribution >= 0.6 is 0 Å². The van der Waals surface area contributed by atoms with Crippen LogP contribution in [-0.2, 0) is 14.6 Å². The molecule has 1 aliphatic rings. The normalized spacial score (nSPS) is 21.3. The molecule has 1 rings (SSSR count). The highest BCUT2D eigenvalue weighted by Gasteiger charge is 2.14. The van der Waals surface area contributed by atoms with Crippen LogP contribution in [0.3, 0.4) is 0 Å². The van der Waals surface area contributed by atoms with Crippen molar-refractivity contribution in [3.63, 3.8) is 0 Å². The van der Waals surface area contributed by atoms with Crippen LogP contribution in [-0.4, -0.2) is 32.4 Å². The first kappa shape index (κ1) is 12.2. The number of carbonyl (C=O) groups is 1. The first-order chi connectivity index (χ1) is 6.97. The van der Waals surface area contributed by atoms with E-state index in [0.717, 1.165) is 25.5 Å². The SMILES string of the molecule is CS(=O)(=O)CCC(=O)NC1CC=CCC1. The van der Waals surface area contributed by atoms with Gasteiger partial charge in [0.05, 0.1) is 5.75 Å². The monoisotopic (exact) mass is 231 g/mol. The molecule has 0 aromatic heterocycles. The number of hydrogen-bond donors (Lipinski definition) is 1. The highest BCUT2D eigenvalue weighted by Crippen LogP contribution is 2.10. The van der Waals surface area contributed by atoms with Crippen molar-refractivity contribution in [1.29, 1.82) is 0 Å². The summed E-state index contributed by atoms with van der Waals surface area (Å²) in [5.74, 6) is -0.234. The third-order valence-corrected chi connectivity index (χ3v) is 3.28. The third-order valence-electron chi connectivity index (χ3n) is 2.33. The molecule has 86 valence electrons. The van der Waals surface area contributed by atoms with Crippen LogP contribution in [0.5, 0.6) is 0 Å². The number of nitrogens with one attached hydrogen (secondary N) is 1. The summed E-state index contributed by atoms with van der Waals surface area (Å²) >= 11 is 0. The Morgan fingerprint density at radius 1 is 1.47 bits per heavy atom. The molecule has 0 fully saturated rings. The molecule has 0 saturated carbocycles. The number of rotatable bonds is 4. The fourth-order valence-corrected chi connectivity index (χ4v) is 2.06. The summed E-state index contributed by atoms with van der Waals surface area (Å²) in [5, 5.41) is 2.84. The molecule has 1 unspecified atom stereocenters. The quantitative estimate of drug-likeness (QED) is 0.722. The molecule has 15 heavy (non-hydrogen) atoms. The first-order valence-corrected chi connectivity index (χ1v) is 7.15. The summed E-state index contributed by atoms with van der Waals surface area (Å²) in [6, 6.07) is 0.182. The number of hydrogen-bond acceptors (Lipinski definition) is 3. The second-order valence-corrected chi connectivity index (χ2v) is 6.19. The molecule has 1 atom stereocenters. The van der Waals surface area contributed by atoms with Crippen molar-refractivity contribution in [3.8, 4) is 0 Å². The highest BCUT2D eigenvalue weighted by molar-refractivity contribution is 7.90. The van der Waals surface area contributed by atoms with E-state index in [-0.39, 0.29) is 24.1 Å². The van der Waals surface area contributed by atoms with E-state index in [2.05, 4.69) is 11.4 Å². The Kier molecular flexibility index (Phi) is 4.32. The zero-order valence-electron chi connectivity index (χ0n) is 8.90. The fraction of sp³-hybridized carbons (Fsp3) is 0.700. The van der Waals surface area contributed by atoms with Gasteiger partial charge in [0.15, 0.2) is 0 Å². The molecule has 4 nitrogen and oxygen atoms in total. The molecule has 1 amide bonds. The van der Waals surface area contributed by atoms with Gasteiger partial charge in [0.25, 0.3) is 0 Å². The van der Waals surface area contributed by atoms with E-state index in [4.69, 9.17) is 0 Å². The maximum absolute atomic E-state index is 11.4. The van der Waals surface area contributed by atoms with Gasteiger partial charge in [-0.2, -0.15) is 0 Å². The van der Waals surface area contributed by atoms with Gasteiger partial charge in [0, 0.05) is 18.7 Å². The molecule has 0 saturated heterocycles. The summed E-state index contributed by atoms with van der Waals surface area (Å²) < 4.78 is 21.7. The van der Waals surface area contributed by atoms with Crippen LogP contribution in [0.1, 0.15) is 25.7 Å². The van der Waals surface area contributed by atoms with Crippen LogP contribution < -0.4 is 5.32 Å². The summed E-state index contributed by atoms with van der Waals surface area (Å²) in [6.45, 7) is 0. The van der Waals surface area contributed by atoms with E-state index in [9.17, 15) is 13.2 Å². The zero-order valence-corrected chi connectivity index (χ0v) is 9.72. The Balaban J connectivity index is 2.27. The van der Waals surface area contributed by atoms with Crippen molar-refractivity contribution in [1.82, 2.24) is 5.32 Å². The highest BCUT2D eigenvalue weighted by atomic mass is 32.2. The van der Waals surface area contributed by atoms with Gasteiger partial charge in [-0.3, -0.25) is 4.79 Å². The van der Waals surface area contributed by atoms with Crippen molar-refractivity contribution in [2.45, 2.75) is 31.7 Å². The molecule has 0 spiro atoms. The van der Waals surface area contributed by atoms with E-state index < -0.39 is 9.84 Å². The lowest BCUT2D eigenvalue weighted by molar-refractivity contribution is -0.121. The molecule has 0 aromatic rings. The predicted octanol–water partition coefficient (Wildman–Crippen LogP) is 0.646. The van der Waals surface area contributed by atoms with Crippen molar-refractivity contribution >= 4 is 15.7 Å². The minimum Gasteiger partial charge on any atom is -0.353 e. The second kappa shape index (κ2) is 5.30. The lowest BCUT2D eigenvalue weighted by Crippen LogP contribution is -2.36. The largest absolute Gasteiger partial charge is 0.353 e. The average molecular weight is 231 g/mol. The van der Waals surface area contributed by atoms with Gasteiger partial charge < -0.3 is 5.32 Å². The van der Waals surface area contributed by atoms with Crippen LogP contribution in [0.25, 0.3) is 0 Å². The number of carbonyl (C=O) groups excluding carboxylic acids is 1. The zero-order chi connectivity index (χ0) is 11.3. The first-order valence-electron chi connectivity index (χ1n) is 5.09. The Bertz CT molecular complexity index is 346. The molecule has 0 aliphatic heterocycles. The van der Waals surface area contributed by atoms with E-state index in [1.807, 2.05) is 6.08 Å². The van der Waals surface area contributed by atoms with Gasteiger partial charge in [-0.05, 0) is 19.3 Å². The summed E-state index contributed by atoms with van der Waals surface area (Å²) in [5.41, 5.74) is 0. The molecule has 0 bridgehead atoms. The Labute approximate surface area is 90.7 Å². The third kappa shape index (κ3) is 5.57. The molecule has 5 heteroatoms. The molecule has 0 heterocycles. The second-order valence-electron chi connectivity index (χ2n) is 3.93. The van der Waals surface area contributed by atoms with Crippen molar-refractivity contribution < 1.29 is 13.2 Å². The Hall–Kier alpha value is -0.840. The molecule has 0 radical (unpaired) electrons. The average Bonchev–Trinajstić information content (AvgIpc) is 2.15. The maximum Gasteiger partial charge on any atom is 0.221 e. The molecule has 0 aromatic carbocycles. The van der Waals surface area contributed by atoms with Gasteiger partial charge in [-0.1, -0.05) is 12.2 Å². The van der Waals surface area contributed by atoms with Crippen LogP contribution in [0.15, 0.2) is 12.2 Å². The molecular weight excluding hydrogens is 214 g/mol. The maximum atomic E-state index is 11.4. The fourth-order valence-electron chi connectivity index (χ4n) is 1.50. The summed E-state index contributed by atoms with van der Waals surface area (Å²) in [7, 11) is -3.03. The topological polar surface area (TPSA) is 63.2 Å². The van der Waals surface area contributed by atoms with E-state index >= 15 is 0 Å². The molecule has 1 N–H and O–H groups in total.